The van der Waals surface area contributed by atoms with E-state index in [-0.39, 0.29) is 5.92 Å². The minimum absolute atomic E-state index is 0.240. The molecule has 80 valence electrons. The molecule has 0 amide bonds. The summed E-state index contributed by atoms with van der Waals surface area (Å²) in [5.41, 5.74) is 0. The molecule has 0 aromatic carbocycles. The van der Waals surface area contributed by atoms with E-state index in [0.29, 0.717) is 11.7 Å². The summed E-state index contributed by atoms with van der Waals surface area (Å²) in [6.45, 7) is 4.08. The molecule has 2 heteroatoms. The molecule has 0 aliphatic carbocycles. The lowest BCUT2D eigenvalue weighted by atomic mass is 9.83. The van der Waals surface area contributed by atoms with Crippen LogP contribution in [0.1, 0.15) is 46.0 Å². The normalized spacial score (nSPS) is 37.2. The smallest absolute Gasteiger partial charge is 0.138 e. The molecular weight excluding hydrogens is 192 g/mol. The lowest BCUT2D eigenvalue weighted by Crippen LogP contribution is -2.34. The second-order valence-electron chi connectivity index (χ2n) is 5.04. The number of ketones is 1. The molecule has 2 fully saturated rings. The van der Waals surface area contributed by atoms with E-state index in [9.17, 15) is 4.79 Å². The van der Waals surface area contributed by atoms with E-state index >= 15 is 0 Å². The van der Waals surface area contributed by atoms with E-state index in [0.717, 1.165) is 23.3 Å². The van der Waals surface area contributed by atoms with Gasteiger partial charge in [-0.3, -0.25) is 4.79 Å². The highest BCUT2D eigenvalue weighted by molar-refractivity contribution is 8.00. The molecule has 2 bridgehead atoms. The first-order chi connectivity index (χ1) is 6.66. The zero-order valence-corrected chi connectivity index (χ0v) is 9.98. The Balaban J connectivity index is 1.98. The molecule has 2 heterocycles. The Labute approximate surface area is 91.0 Å². The fourth-order valence-corrected chi connectivity index (χ4v) is 4.60. The van der Waals surface area contributed by atoms with Gasteiger partial charge < -0.3 is 0 Å². The molecule has 2 saturated heterocycles. The highest BCUT2D eigenvalue weighted by Gasteiger charge is 2.35. The highest BCUT2D eigenvalue weighted by atomic mass is 32.2. The summed E-state index contributed by atoms with van der Waals surface area (Å²) in [6.07, 6.45) is 6.42. The van der Waals surface area contributed by atoms with Crippen molar-refractivity contribution in [2.45, 2.75) is 56.5 Å². The van der Waals surface area contributed by atoms with Crippen LogP contribution < -0.4 is 0 Å². The van der Waals surface area contributed by atoms with Crippen LogP contribution in [-0.4, -0.2) is 16.3 Å². The van der Waals surface area contributed by atoms with Crippen molar-refractivity contribution < 1.29 is 4.79 Å². The third-order valence-corrected chi connectivity index (χ3v) is 5.13. The van der Waals surface area contributed by atoms with Crippen molar-refractivity contribution in [3.63, 3.8) is 0 Å². The van der Waals surface area contributed by atoms with Crippen LogP contribution in [0.15, 0.2) is 0 Å². The Morgan fingerprint density at radius 1 is 1.21 bits per heavy atom. The number of carbonyl (C=O) groups excluding carboxylic acids is 1. The van der Waals surface area contributed by atoms with Crippen LogP contribution in [0.3, 0.4) is 0 Å². The summed E-state index contributed by atoms with van der Waals surface area (Å²) in [6, 6.07) is 0. The first-order valence-corrected chi connectivity index (χ1v) is 6.80. The molecule has 2 unspecified atom stereocenters. The van der Waals surface area contributed by atoms with Gasteiger partial charge >= 0.3 is 0 Å². The molecule has 0 saturated carbocycles. The first-order valence-electron chi connectivity index (χ1n) is 5.86. The van der Waals surface area contributed by atoms with Crippen molar-refractivity contribution >= 4 is 17.5 Å². The van der Waals surface area contributed by atoms with Gasteiger partial charge in [0.05, 0.1) is 0 Å². The zero-order valence-electron chi connectivity index (χ0n) is 9.16. The van der Waals surface area contributed by atoms with Gasteiger partial charge in [-0.25, -0.2) is 0 Å². The number of hydrogen-bond acceptors (Lipinski definition) is 2. The largest absolute Gasteiger partial charge is 0.299 e. The molecule has 0 aromatic heterocycles. The minimum atomic E-state index is 0.240. The molecular formula is C12H20OS. The molecule has 0 N–H and O–H groups in total. The fourth-order valence-electron chi connectivity index (χ4n) is 2.76. The van der Waals surface area contributed by atoms with E-state index in [1.165, 1.54) is 19.3 Å². The second-order valence-corrected chi connectivity index (χ2v) is 6.64. The Morgan fingerprint density at radius 3 is 2.29 bits per heavy atom. The lowest BCUT2D eigenvalue weighted by Gasteiger charge is -2.38. The Morgan fingerprint density at radius 2 is 1.79 bits per heavy atom. The maximum Gasteiger partial charge on any atom is 0.138 e. The van der Waals surface area contributed by atoms with Gasteiger partial charge in [0.25, 0.3) is 0 Å². The molecule has 2 rings (SSSR count). The molecule has 2 aliphatic heterocycles. The van der Waals surface area contributed by atoms with Crippen molar-refractivity contribution in [3.05, 3.63) is 0 Å². The van der Waals surface area contributed by atoms with Gasteiger partial charge in [0, 0.05) is 22.3 Å². The highest BCUT2D eigenvalue weighted by Crippen LogP contribution is 2.44. The summed E-state index contributed by atoms with van der Waals surface area (Å²) in [7, 11) is 0. The maximum atomic E-state index is 11.9. The summed E-state index contributed by atoms with van der Waals surface area (Å²) in [5.74, 6) is 1.15. The molecule has 14 heavy (non-hydrogen) atoms. The molecule has 2 aliphatic rings. The number of Topliss-reactive ketones (excluding diaryl/α,β-unsaturated/α-hetero) is 1. The predicted molar refractivity (Wildman–Crippen MR) is 61.6 cm³/mol. The van der Waals surface area contributed by atoms with Gasteiger partial charge in [0.15, 0.2) is 0 Å². The lowest BCUT2D eigenvalue weighted by molar-refractivity contribution is -0.126. The van der Waals surface area contributed by atoms with Crippen molar-refractivity contribution in [1.29, 1.82) is 0 Å². The summed E-state index contributed by atoms with van der Waals surface area (Å²) < 4.78 is 0. The zero-order chi connectivity index (χ0) is 10.1. The number of hydrogen-bond donors (Lipinski definition) is 0. The van der Waals surface area contributed by atoms with Crippen molar-refractivity contribution in [3.8, 4) is 0 Å². The molecule has 0 radical (unpaired) electrons. The molecule has 2 atom stereocenters. The van der Waals surface area contributed by atoms with E-state index in [2.05, 4.69) is 11.8 Å². The Kier molecular flexibility index (Phi) is 3.20. The van der Waals surface area contributed by atoms with Crippen LogP contribution >= 0.6 is 11.8 Å². The van der Waals surface area contributed by atoms with Crippen molar-refractivity contribution in [2.75, 3.05) is 0 Å². The second kappa shape index (κ2) is 4.26. The third-order valence-electron chi connectivity index (χ3n) is 3.50. The summed E-state index contributed by atoms with van der Waals surface area (Å²) in [4.78, 5) is 11.9. The quantitative estimate of drug-likeness (QED) is 0.699. The van der Waals surface area contributed by atoms with Gasteiger partial charge in [-0.1, -0.05) is 20.3 Å². The Bertz CT molecular complexity index is 212. The average molecular weight is 212 g/mol. The van der Waals surface area contributed by atoms with Crippen LogP contribution in [0, 0.1) is 11.8 Å². The monoisotopic (exact) mass is 212 g/mol. The van der Waals surface area contributed by atoms with Crippen LogP contribution in [0.2, 0.25) is 0 Å². The first kappa shape index (κ1) is 10.5. The van der Waals surface area contributed by atoms with Crippen LogP contribution in [0.5, 0.6) is 0 Å². The van der Waals surface area contributed by atoms with Crippen molar-refractivity contribution in [1.82, 2.24) is 0 Å². The fraction of sp³-hybridized carbons (Fsp3) is 0.917. The molecule has 0 spiro atoms. The van der Waals surface area contributed by atoms with Gasteiger partial charge in [0.2, 0.25) is 0 Å². The standard InChI is InChI=1S/C12H20OS/c1-8(2)12(13)9-6-10-4-3-5-11(7-9)14-10/h8-11H,3-7H2,1-2H3. The summed E-state index contributed by atoms with van der Waals surface area (Å²) in [5, 5.41) is 1.60. The van der Waals surface area contributed by atoms with E-state index in [1.807, 2.05) is 13.8 Å². The number of carbonyl (C=O) groups is 1. The summed E-state index contributed by atoms with van der Waals surface area (Å²) >= 11 is 2.15. The van der Waals surface area contributed by atoms with Crippen molar-refractivity contribution in [2.24, 2.45) is 11.8 Å². The number of rotatable bonds is 2. The van der Waals surface area contributed by atoms with E-state index in [4.69, 9.17) is 0 Å². The average Bonchev–Trinajstić information content (AvgIpc) is 2.15. The topological polar surface area (TPSA) is 17.1 Å². The van der Waals surface area contributed by atoms with Gasteiger partial charge in [-0.05, 0) is 25.7 Å². The van der Waals surface area contributed by atoms with Crippen LogP contribution in [0.4, 0.5) is 0 Å². The Hall–Kier alpha value is 0.0200. The molecule has 0 aromatic rings. The predicted octanol–water partition coefficient (Wildman–Crippen LogP) is 3.28. The van der Waals surface area contributed by atoms with Gasteiger partial charge in [-0.15, -0.1) is 0 Å². The van der Waals surface area contributed by atoms with Gasteiger partial charge in [-0.2, -0.15) is 11.8 Å². The van der Waals surface area contributed by atoms with Crippen LogP contribution in [0.25, 0.3) is 0 Å². The third kappa shape index (κ3) is 2.16. The van der Waals surface area contributed by atoms with Gasteiger partial charge in [0.1, 0.15) is 5.78 Å². The van der Waals surface area contributed by atoms with E-state index < -0.39 is 0 Å². The van der Waals surface area contributed by atoms with Crippen LogP contribution in [-0.2, 0) is 4.79 Å². The molecule has 1 nitrogen and oxygen atoms in total. The number of thioether (sulfide) groups is 1. The maximum absolute atomic E-state index is 11.9. The van der Waals surface area contributed by atoms with E-state index in [1.54, 1.807) is 0 Å². The SMILES string of the molecule is CC(C)C(=O)C1CC2CCCC(C1)S2. The minimum Gasteiger partial charge on any atom is -0.299 e. The number of fused-ring (bicyclic) bond motifs is 2.